The smallest absolute Gasteiger partial charge is 0.267 e. The van der Waals surface area contributed by atoms with Gasteiger partial charge >= 0.3 is 0 Å². The number of pyridine rings is 1. The van der Waals surface area contributed by atoms with Gasteiger partial charge in [-0.2, -0.15) is 0 Å². The summed E-state index contributed by atoms with van der Waals surface area (Å²) in [6.07, 6.45) is 2.14. The molecule has 6 heteroatoms. The molecule has 0 aromatic carbocycles. The lowest BCUT2D eigenvalue weighted by Crippen LogP contribution is -2.22. The van der Waals surface area contributed by atoms with Crippen LogP contribution in [0.15, 0.2) is 24.4 Å². The summed E-state index contributed by atoms with van der Waals surface area (Å²) in [6.45, 7) is 1.81. The van der Waals surface area contributed by atoms with Crippen LogP contribution in [0.1, 0.15) is 23.8 Å². The average Bonchev–Trinajstić information content (AvgIpc) is 2.29. The van der Waals surface area contributed by atoms with Crippen molar-refractivity contribution in [2.24, 2.45) is 11.5 Å². The number of aromatic nitrogens is 1. The van der Waals surface area contributed by atoms with E-state index in [9.17, 15) is 9.59 Å². The number of alkyl halides is 1. The number of amides is 2. The molecule has 1 aromatic heterocycles. The van der Waals surface area contributed by atoms with Crippen molar-refractivity contribution in [3.05, 3.63) is 30.1 Å². The summed E-state index contributed by atoms with van der Waals surface area (Å²) in [5, 5.41) is -0.486. The maximum Gasteiger partial charge on any atom is 0.267 e. The standard InChI is InChI=1S/C6H6N2O.C4H8ClNO/c7-6(9)5-3-1-2-4-8-5;1-2-3(5)4(6)7/h1-4H,(H2,7,9);3H,2H2,1H3,(H2,6,7). The molecular formula is C10H14ClN3O2. The van der Waals surface area contributed by atoms with Crippen LogP contribution in [0.3, 0.4) is 0 Å². The summed E-state index contributed by atoms with van der Waals surface area (Å²) in [7, 11) is 0. The molecule has 16 heavy (non-hydrogen) atoms. The van der Waals surface area contributed by atoms with Crippen molar-refractivity contribution < 1.29 is 9.59 Å². The highest BCUT2D eigenvalue weighted by atomic mass is 35.5. The van der Waals surface area contributed by atoms with Crippen LogP contribution in [0.2, 0.25) is 0 Å². The normalized spacial score (nSPS) is 10.9. The van der Waals surface area contributed by atoms with E-state index >= 15 is 0 Å². The summed E-state index contributed by atoms with van der Waals surface area (Å²) in [5.41, 5.74) is 9.99. The van der Waals surface area contributed by atoms with Gasteiger partial charge in [0.2, 0.25) is 5.91 Å². The predicted molar refractivity (Wildman–Crippen MR) is 61.9 cm³/mol. The predicted octanol–water partition coefficient (Wildman–Crippen LogP) is 0.670. The molecule has 1 unspecified atom stereocenters. The largest absolute Gasteiger partial charge is 0.368 e. The van der Waals surface area contributed by atoms with Gasteiger partial charge in [0, 0.05) is 6.20 Å². The van der Waals surface area contributed by atoms with Gasteiger partial charge in [0.1, 0.15) is 11.1 Å². The molecule has 1 rings (SSSR count). The number of rotatable bonds is 3. The first-order valence-corrected chi connectivity index (χ1v) is 5.06. The fourth-order valence-electron chi connectivity index (χ4n) is 0.710. The Bertz CT molecular complexity index is 343. The molecule has 0 aliphatic rings. The average molecular weight is 244 g/mol. The zero-order valence-corrected chi connectivity index (χ0v) is 9.65. The second-order valence-electron chi connectivity index (χ2n) is 2.86. The molecule has 0 bridgehead atoms. The Balaban J connectivity index is 0.000000293. The molecule has 1 aromatic rings. The molecule has 0 fully saturated rings. The summed E-state index contributed by atoms with van der Waals surface area (Å²) >= 11 is 5.33. The van der Waals surface area contributed by atoms with E-state index in [1.165, 1.54) is 6.20 Å². The fourth-order valence-corrected chi connectivity index (χ4v) is 0.710. The third-order valence-corrected chi connectivity index (χ3v) is 2.11. The van der Waals surface area contributed by atoms with E-state index in [-0.39, 0.29) is 0 Å². The molecule has 0 saturated heterocycles. The molecule has 4 N–H and O–H groups in total. The zero-order valence-electron chi connectivity index (χ0n) is 8.89. The lowest BCUT2D eigenvalue weighted by atomic mass is 10.3. The van der Waals surface area contributed by atoms with E-state index in [0.717, 1.165) is 0 Å². The summed E-state index contributed by atoms with van der Waals surface area (Å²) in [6, 6.07) is 5.02. The van der Waals surface area contributed by atoms with Crippen LogP contribution in [0.4, 0.5) is 0 Å². The Morgan fingerprint density at radius 3 is 2.25 bits per heavy atom. The van der Waals surface area contributed by atoms with Crippen molar-refractivity contribution in [2.75, 3.05) is 0 Å². The molecule has 0 aliphatic heterocycles. The molecule has 0 radical (unpaired) electrons. The molecule has 2 amide bonds. The van der Waals surface area contributed by atoms with Crippen LogP contribution in [0.25, 0.3) is 0 Å². The fraction of sp³-hybridized carbons (Fsp3) is 0.300. The van der Waals surface area contributed by atoms with Crippen LogP contribution in [0.5, 0.6) is 0 Å². The van der Waals surface area contributed by atoms with E-state index in [1.54, 1.807) is 18.2 Å². The van der Waals surface area contributed by atoms with Gasteiger partial charge < -0.3 is 11.5 Å². The first kappa shape index (κ1) is 14.4. The first-order chi connectivity index (χ1) is 7.49. The van der Waals surface area contributed by atoms with Crippen molar-refractivity contribution >= 4 is 23.4 Å². The van der Waals surface area contributed by atoms with Crippen molar-refractivity contribution in [3.63, 3.8) is 0 Å². The molecule has 0 spiro atoms. The summed E-state index contributed by atoms with van der Waals surface area (Å²) in [4.78, 5) is 24.1. The Labute approximate surface area is 98.8 Å². The van der Waals surface area contributed by atoms with Crippen molar-refractivity contribution in [1.29, 1.82) is 0 Å². The highest BCUT2D eigenvalue weighted by molar-refractivity contribution is 6.30. The zero-order chi connectivity index (χ0) is 12.6. The molecular weight excluding hydrogens is 230 g/mol. The number of hydrogen-bond acceptors (Lipinski definition) is 3. The minimum atomic E-state index is -0.490. The minimum absolute atomic E-state index is 0.303. The van der Waals surface area contributed by atoms with Gasteiger partial charge in [-0.3, -0.25) is 14.6 Å². The second-order valence-corrected chi connectivity index (χ2v) is 3.38. The van der Waals surface area contributed by atoms with Crippen molar-refractivity contribution in [2.45, 2.75) is 18.7 Å². The van der Waals surface area contributed by atoms with Gasteiger partial charge in [0.15, 0.2) is 0 Å². The maximum absolute atomic E-state index is 10.4. The Morgan fingerprint density at radius 2 is 2.06 bits per heavy atom. The van der Waals surface area contributed by atoms with Gasteiger partial charge in [-0.25, -0.2) is 0 Å². The number of nitrogens with zero attached hydrogens (tertiary/aromatic N) is 1. The van der Waals surface area contributed by atoms with E-state index in [1.807, 2.05) is 6.92 Å². The quantitative estimate of drug-likeness (QED) is 0.763. The lowest BCUT2D eigenvalue weighted by Gasteiger charge is -1.95. The second kappa shape index (κ2) is 7.64. The Morgan fingerprint density at radius 1 is 1.44 bits per heavy atom. The SMILES string of the molecule is CCC(Cl)C(N)=O.NC(=O)c1ccccn1. The number of hydrogen-bond donors (Lipinski definition) is 2. The first-order valence-electron chi connectivity index (χ1n) is 4.63. The monoisotopic (exact) mass is 243 g/mol. The van der Waals surface area contributed by atoms with Crippen LogP contribution < -0.4 is 11.5 Å². The molecule has 1 atom stereocenters. The van der Waals surface area contributed by atoms with Crippen LogP contribution in [0, 0.1) is 0 Å². The summed E-state index contributed by atoms with van der Waals surface area (Å²) < 4.78 is 0. The van der Waals surface area contributed by atoms with Gasteiger partial charge in [-0.1, -0.05) is 13.0 Å². The third-order valence-electron chi connectivity index (χ3n) is 1.58. The van der Waals surface area contributed by atoms with Gasteiger partial charge in [0.25, 0.3) is 5.91 Å². The maximum atomic E-state index is 10.4. The Hall–Kier alpha value is -1.62. The van der Waals surface area contributed by atoms with Crippen LogP contribution >= 0.6 is 11.6 Å². The number of nitrogens with two attached hydrogens (primary N) is 2. The van der Waals surface area contributed by atoms with E-state index in [2.05, 4.69) is 4.98 Å². The molecule has 88 valence electrons. The lowest BCUT2D eigenvalue weighted by molar-refractivity contribution is -0.117. The van der Waals surface area contributed by atoms with E-state index < -0.39 is 17.2 Å². The molecule has 0 saturated carbocycles. The summed E-state index contributed by atoms with van der Waals surface area (Å²) in [5.74, 6) is -0.931. The molecule has 1 heterocycles. The van der Waals surface area contributed by atoms with Gasteiger partial charge in [-0.15, -0.1) is 11.6 Å². The van der Waals surface area contributed by atoms with E-state index in [4.69, 9.17) is 23.1 Å². The minimum Gasteiger partial charge on any atom is -0.368 e. The van der Waals surface area contributed by atoms with Crippen molar-refractivity contribution in [1.82, 2.24) is 4.98 Å². The highest BCUT2D eigenvalue weighted by Gasteiger charge is 2.05. The third kappa shape index (κ3) is 5.98. The van der Waals surface area contributed by atoms with E-state index in [0.29, 0.717) is 12.1 Å². The topological polar surface area (TPSA) is 99.1 Å². The highest BCUT2D eigenvalue weighted by Crippen LogP contribution is 1.97. The van der Waals surface area contributed by atoms with Crippen LogP contribution in [-0.4, -0.2) is 22.2 Å². The number of carbonyl (C=O) groups excluding carboxylic acids is 2. The van der Waals surface area contributed by atoms with Gasteiger partial charge in [-0.05, 0) is 18.6 Å². The van der Waals surface area contributed by atoms with Crippen molar-refractivity contribution in [3.8, 4) is 0 Å². The number of halogens is 1. The molecule has 5 nitrogen and oxygen atoms in total. The van der Waals surface area contributed by atoms with Gasteiger partial charge in [0.05, 0.1) is 0 Å². The Kier molecular flexibility index (Phi) is 6.87. The van der Waals surface area contributed by atoms with Crippen LogP contribution in [-0.2, 0) is 4.79 Å². The molecule has 0 aliphatic carbocycles. The number of primary amides is 2. The number of carbonyl (C=O) groups is 2.